The van der Waals surface area contributed by atoms with Gasteiger partial charge in [-0.3, -0.25) is 9.59 Å². The van der Waals surface area contributed by atoms with Gasteiger partial charge in [-0.05, 0) is 0 Å². The first kappa shape index (κ1) is 14.8. The van der Waals surface area contributed by atoms with E-state index >= 15 is 0 Å². The average molecular weight is 268 g/mol. The van der Waals surface area contributed by atoms with Crippen LogP contribution in [0.4, 0.5) is 4.79 Å². The summed E-state index contributed by atoms with van der Waals surface area (Å²) in [5, 5.41) is 19.8. The number of aliphatic carboxylic acids is 1. The van der Waals surface area contributed by atoms with Crippen molar-refractivity contribution in [1.82, 2.24) is 15.1 Å². The first-order valence-corrected chi connectivity index (χ1v) is 5.85. The van der Waals surface area contributed by atoms with Crippen molar-refractivity contribution in [2.75, 3.05) is 26.7 Å². The molecule has 2 N–H and O–H groups in total. The van der Waals surface area contributed by atoms with Crippen molar-refractivity contribution in [3.05, 3.63) is 0 Å². The van der Waals surface area contributed by atoms with Crippen LogP contribution in [0, 0.1) is 11.3 Å². The molecule has 19 heavy (non-hydrogen) atoms. The Balaban J connectivity index is 2.76. The Morgan fingerprint density at radius 3 is 2.89 bits per heavy atom. The van der Waals surface area contributed by atoms with Crippen LogP contribution in [0.5, 0.6) is 0 Å². The molecule has 1 atom stereocenters. The quantitative estimate of drug-likeness (QED) is 0.694. The minimum absolute atomic E-state index is 0.186. The first-order valence-electron chi connectivity index (χ1n) is 5.85. The van der Waals surface area contributed by atoms with Crippen LogP contribution in [-0.2, 0) is 9.59 Å². The molecule has 0 aromatic heterocycles. The van der Waals surface area contributed by atoms with E-state index in [0.717, 1.165) is 0 Å². The van der Waals surface area contributed by atoms with Crippen molar-refractivity contribution >= 4 is 17.9 Å². The van der Waals surface area contributed by atoms with Crippen LogP contribution in [0.3, 0.4) is 0 Å². The van der Waals surface area contributed by atoms with E-state index in [0.29, 0.717) is 6.54 Å². The molecule has 8 heteroatoms. The average Bonchev–Trinajstić information content (AvgIpc) is 2.37. The molecule has 104 valence electrons. The Bertz CT molecular complexity index is 417. The highest BCUT2D eigenvalue weighted by atomic mass is 16.4. The number of urea groups is 1. The van der Waals surface area contributed by atoms with Gasteiger partial charge in [0.15, 0.2) is 0 Å². The van der Waals surface area contributed by atoms with Gasteiger partial charge >= 0.3 is 12.0 Å². The number of hydrogen-bond acceptors (Lipinski definition) is 4. The third kappa shape index (κ3) is 3.84. The maximum Gasteiger partial charge on any atom is 0.320 e. The number of nitriles is 1. The predicted octanol–water partition coefficient (Wildman–Crippen LogP) is -0.773. The predicted molar refractivity (Wildman–Crippen MR) is 64.0 cm³/mol. The standard InChI is InChI=1S/C11H16N4O4/c1-14(5-2-3-12)11(19)15-6-4-13-10(18)8(15)7-9(16)17/h8H,2,4-7H2,1H3,(H,13,18)(H,16,17). The van der Waals surface area contributed by atoms with Crippen LogP contribution in [0.2, 0.25) is 0 Å². The smallest absolute Gasteiger partial charge is 0.320 e. The van der Waals surface area contributed by atoms with Crippen LogP contribution < -0.4 is 5.32 Å². The molecule has 0 radical (unpaired) electrons. The molecule has 1 heterocycles. The van der Waals surface area contributed by atoms with Crippen molar-refractivity contribution in [2.45, 2.75) is 18.9 Å². The van der Waals surface area contributed by atoms with E-state index in [2.05, 4.69) is 5.32 Å². The zero-order chi connectivity index (χ0) is 14.4. The monoisotopic (exact) mass is 268 g/mol. The zero-order valence-electron chi connectivity index (χ0n) is 10.6. The fourth-order valence-corrected chi connectivity index (χ4v) is 1.84. The lowest BCUT2D eigenvalue weighted by molar-refractivity contribution is -0.142. The molecule has 1 unspecified atom stereocenters. The SMILES string of the molecule is CN(CCC#N)C(=O)N1CCNC(=O)C1CC(=O)O. The Kier molecular flexibility index (Phi) is 5.11. The Morgan fingerprint density at radius 1 is 1.63 bits per heavy atom. The minimum atomic E-state index is -1.14. The summed E-state index contributed by atoms with van der Waals surface area (Å²) in [7, 11) is 1.52. The maximum atomic E-state index is 12.1. The Labute approximate surface area is 110 Å². The minimum Gasteiger partial charge on any atom is -0.481 e. The van der Waals surface area contributed by atoms with Crippen LogP contribution in [0.15, 0.2) is 0 Å². The normalized spacial score (nSPS) is 18.4. The number of hydrogen-bond donors (Lipinski definition) is 2. The van der Waals surface area contributed by atoms with Crippen molar-refractivity contribution in [3.63, 3.8) is 0 Å². The summed E-state index contributed by atoms with van der Waals surface area (Å²) in [5.41, 5.74) is 0. The second-order valence-electron chi connectivity index (χ2n) is 4.21. The van der Waals surface area contributed by atoms with Gasteiger partial charge in [0.05, 0.1) is 18.9 Å². The lowest BCUT2D eigenvalue weighted by Crippen LogP contribution is -2.60. The fraction of sp³-hybridized carbons (Fsp3) is 0.636. The number of nitrogens with one attached hydrogen (secondary N) is 1. The molecule has 1 fully saturated rings. The van der Waals surface area contributed by atoms with Crippen molar-refractivity contribution in [2.24, 2.45) is 0 Å². The van der Waals surface area contributed by atoms with Gasteiger partial charge < -0.3 is 20.2 Å². The summed E-state index contributed by atoms with van der Waals surface area (Å²) in [6.45, 7) is 0.805. The molecule has 0 aliphatic carbocycles. The summed E-state index contributed by atoms with van der Waals surface area (Å²) >= 11 is 0. The lowest BCUT2D eigenvalue weighted by Gasteiger charge is -2.36. The number of carbonyl (C=O) groups excluding carboxylic acids is 2. The Morgan fingerprint density at radius 2 is 2.32 bits per heavy atom. The van der Waals surface area contributed by atoms with Gasteiger partial charge in [-0.2, -0.15) is 5.26 Å². The van der Waals surface area contributed by atoms with Crippen LogP contribution in [0.1, 0.15) is 12.8 Å². The van der Waals surface area contributed by atoms with E-state index in [1.165, 1.54) is 16.8 Å². The van der Waals surface area contributed by atoms with Crippen LogP contribution in [0.25, 0.3) is 0 Å². The number of piperazine rings is 1. The molecule has 1 saturated heterocycles. The van der Waals surface area contributed by atoms with E-state index in [4.69, 9.17) is 10.4 Å². The van der Waals surface area contributed by atoms with Crippen LogP contribution >= 0.6 is 0 Å². The summed E-state index contributed by atoms with van der Waals surface area (Å²) < 4.78 is 0. The molecular formula is C11H16N4O4. The van der Waals surface area contributed by atoms with Crippen molar-refractivity contribution < 1.29 is 19.5 Å². The second-order valence-corrected chi connectivity index (χ2v) is 4.21. The third-order valence-corrected chi connectivity index (χ3v) is 2.83. The number of carboxylic acid groups (broad SMARTS) is 1. The molecular weight excluding hydrogens is 252 g/mol. The van der Waals surface area contributed by atoms with Gasteiger partial charge in [0, 0.05) is 26.7 Å². The number of rotatable bonds is 4. The number of nitrogens with zero attached hydrogens (tertiary/aromatic N) is 3. The van der Waals surface area contributed by atoms with E-state index in [1.54, 1.807) is 0 Å². The molecule has 1 aliphatic rings. The topological polar surface area (TPSA) is 114 Å². The molecule has 0 aromatic carbocycles. The molecule has 0 bridgehead atoms. The highest BCUT2D eigenvalue weighted by Crippen LogP contribution is 2.11. The number of amides is 3. The van der Waals surface area contributed by atoms with Gasteiger partial charge in [-0.15, -0.1) is 0 Å². The van der Waals surface area contributed by atoms with Gasteiger partial charge in [0.2, 0.25) is 5.91 Å². The highest BCUT2D eigenvalue weighted by molar-refractivity contribution is 5.91. The van der Waals surface area contributed by atoms with Gasteiger partial charge in [0.25, 0.3) is 0 Å². The largest absolute Gasteiger partial charge is 0.481 e. The summed E-state index contributed by atoms with van der Waals surface area (Å²) in [4.78, 5) is 37.1. The molecule has 1 aliphatic heterocycles. The van der Waals surface area contributed by atoms with E-state index in [9.17, 15) is 14.4 Å². The summed E-state index contributed by atoms with van der Waals surface area (Å²) in [6.07, 6.45) is -0.241. The van der Waals surface area contributed by atoms with Gasteiger partial charge in [0.1, 0.15) is 6.04 Å². The first-order chi connectivity index (χ1) is 8.97. The Hall–Kier alpha value is -2.30. The fourth-order valence-electron chi connectivity index (χ4n) is 1.84. The van der Waals surface area contributed by atoms with Crippen molar-refractivity contribution in [1.29, 1.82) is 5.26 Å². The van der Waals surface area contributed by atoms with Crippen LogP contribution in [-0.4, -0.2) is 65.5 Å². The molecule has 0 saturated carbocycles. The van der Waals surface area contributed by atoms with E-state index < -0.39 is 30.4 Å². The van der Waals surface area contributed by atoms with E-state index in [-0.39, 0.29) is 19.5 Å². The number of carboxylic acids is 1. The maximum absolute atomic E-state index is 12.1. The third-order valence-electron chi connectivity index (χ3n) is 2.83. The van der Waals surface area contributed by atoms with Gasteiger partial charge in [-0.25, -0.2) is 4.79 Å². The summed E-state index contributed by atoms with van der Waals surface area (Å²) in [5.74, 6) is -1.60. The van der Waals surface area contributed by atoms with E-state index in [1.807, 2.05) is 6.07 Å². The molecule has 0 aromatic rings. The summed E-state index contributed by atoms with van der Waals surface area (Å²) in [6, 6.07) is 0.492. The van der Waals surface area contributed by atoms with Gasteiger partial charge in [-0.1, -0.05) is 0 Å². The molecule has 0 spiro atoms. The lowest BCUT2D eigenvalue weighted by atomic mass is 10.1. The van der Waals surface area contributed by atoms with Crippen molar-refractivity contribution in [3.8, 4) is 6.07 Å². The zero-order valence-corrected chi connectivity index (χ0v) is 10.6. The highest BCUT2D eigenvalue weighted by Gasteiger charge is 2.35. The molecule has 8 nitrogen and oxygen atoms in total. The number of carbonyl (C=O) groups is 3. The molecule has 1 rings (SSSR count). The second kappa shape index (κ2) is 6.58. The molecule has 3 amide bonds.